The van der Waals surface area contributed by atoms with Crippen LogP contribution in [0.3, 0.4) is 0 Å². The van der Waals surface area contributed by atoms with E-state index in [9.17, 15) is 0 Å². The van der Waals surface area contributed by atoms with Crippen molar-refractivity contribution in [1.29, 1.82) is 0 Å². The van der Waals surface area contributed by atoms with Gasteiger partial charge in [-0.15, -0.1) is 0 Å². The summed E-state index contributed by atoms with van der Waals surface area (Å²) in [7, 11) is 0. The van der Waals surface area contributed by atoms with Crippen molar-refractivity contribution in [2.75, 3.05) is 0 Å². The quantitative estimate of drug-likeness (QED) is 0.169. The van der Waals surface area contributed by atoms with Crippen molar-refractivity contribution in [1.82, 2.24) is 9.47 Å². The highest BCUT2D eigenvalue weighted by atomic mass is 15.2. The molecule has 368 valence electrons. The van der Waals surface area contributed by atoms with Gasteiger partial charge in [0, 0.05) is 57.4 Å². The van der Waals surface area contributed by atoms with Crippen molar-refractivity contribution in [3.8, 4) is 0 Å². The molecule has 4 saturated carbocycles. The third kappa shape index (κ3) is 6.97. The lowest BCUT2D eigenvalue weighted by Gasteiger charge is -2.60. The van der Waals surface area contributed by atoms with Gasteiger partial charge in [0.15, 0.2) is 6.71 Å². The van der Waals surface area contributed by atoms with Gasteiger partial charge in [-0.3, -0.25) is 0 Å². The average molecular weight is 939 g/mol. The second kappa shape index (κ2) is 17.9. The molecule has 7 unspecified atom stereocenters. The average Bonchev–Trinajstić information content (AvgIpc) is 3.97. The van der Waals surface area contributed by atoms with E-state index >= 15 is 0 Å². The molecule has 15 rings (SSSR count). The number of nitrogens with zero attached hydrogens (tertiary/aromatic N) is 2. The first-order valence-corrected chi connectivity index (χ1v) is 30.6. The van der Waals surface area contributed by atoms with Crippen LogP contribution in [0.1, 0.15) is 221 Å². The van der Waals surface area contributed by atoms with Gasteiger partial charge in [0.2, 0.25) is 0 Å². The summed E-state index contributed by atoms with van der Waals surface area (Å²) in [6, 6.07) is 21.3. The highest BCUT2D eigenvalue weighted by Gasteiger charge is 2.63. The topological polar surface area (TPSA) is 8.17 Å². The number of hydrogen-bond donors (Lipinski definition) is 0. The van der Waals surface area contributed by atoms with Crippen LogP contribution in [0.15, 0.2) is 118 Å². The molecule has 0 radical (unpaired) electrons. The van der Waals surface area contributed by atoms with E-state index in [-0.39, 0.29) is 5.41 Å². The molecule has 1 saturated heterocycles. The highest BCUT2D eigenvalue weighted by molar-refractivity contribution is 6.73. The van der Waals surface area contributed by atoms with Crippen molar-refractivity contribution in [3.05, 3.63) is 140 Å². The summed E-state index contributed by atoms with van der Waals surface area (Å²) in [5.41, 5.74) is 22.7. The fourth-order valence-corrected chi connectivity index (χ4v) is 19.7. The summed E-state index contributed by atoms with van der Waals surface area (Å²) in [4.78, 5) is 3.27. The Labute approximate surface area is 428 Å². The summed E-state index contributed by atoms with van der Waals surface area (Å²) in [5, 5.41) is 1.60. The Morgan fingerprint density at radius 2 is 1.32 bits per heavy atom. The smallest absolute Gasteiger partial charge is 0.194 e. The fourth-order valence-electron chi connectivity index (χ4n) is 19.7. The van der Waals surface area contributed by atoms with E-state index in [1.54, 1.807) is 39.0 Å². The van der Waals surface area contributed by atoms with Gasteiger partial charge in [-0.1, -0.05) is 185 Å². The van der Waals surface area contributed by atoms with Crippen molar-refractivity contribution >= 4 is 29.4 Å². The maximum absolute atomic E-state index is 3.27. The van der Waals surface area contributed by atoms with Gasteiger partial charge in [-0.2, -0.15) is 0 Å². The third-order valence-corrected chi connectivity index (χ3v) is 22.9. The second-order valence-electron chi connectivity index (χ2n) is 26.2. The highest BCUT2D eigenvalue weighted by Crippen LogP contribution is 2.67. The molecule has 2 aromatic carbocycles. The monoisotopic (exact) mass is 939 g/mol. The zero-order valence-corrected chi connectivity index (χ0v) is 43.6. The molecule has 3 aliphatic heterocycles. The van der Waals surface area contributed by atoms with Crippen LogP contribution < -0.4 is 0 Å². The van der Waals surface area contributed by atoms with Gasteiger partial charge < -0.3 is 9.47 Å². The fraction of sp³-hybridized carbons (Fsp3) is 0.588. The van der Waals surface area contributed by atoms with E-state index in [0.29, 0.717) is 48.2 Å². The van der Waals surface area contributed by atoms with Crippen LogP contribution in [-0.4, -0.2) is 28.3 Å². The second-order valence-corrected chi connectivity index (χ2v) is 26.2. The largest absolute Gasteiger partial charge is 0.365 e. The number of fused-ring (bicyclic) bond motifs is 9. The molecule has 1 aromatic heterocycles. The van der Waals surface area contributed by atoms with Crippen molar-refractivity contribution in [2.24, 2.45) is 29.6 Å². The predicted octanol–water partition coefficient (Wildman–Crippen LogP) is 18.1. The van der Waals surface area contributed by atoms with Crippen LogP contribution in [0.25, 0.3) is 22.7 Å². The van der Waals surface area contributed by atoms with Crippen LogP contribution in [0.2, 0.25) is 5.82 Å². The number of aromatic nitrogens is 1. The molecule has 0 bridgehead atoms. The van der Waals surface area contributed by atoms with Crippen molar-refractivity contribution in [3.63, 3.8) is 0 Å². The molecule has 9 aliphatic carbocycles. The Balaban J connectivity index is 1.00. The normalized spacial score (nSPS) is 32.1. The first-order valence-electron chi connectivity index (χ1n) is 30.6. The van der Waals surface area contributed by atoms with Gasteiger partial charge in [-0.05, 0) is 167 Å². The number of benzene rings is 2. The SMILES string of the molecule is CC(C1=CC=CCC1)(c1ccccc1)C1CCC2C3=C1n1c4c(c5cc(C6CCCCC6)ccc51)C=C(C1CCCCC1)CC4B3C1C=C(C3CCCCC3)CC3C4=C(CCC(C5CCCCC5)=C4)N2C13. The van der Waals surface area contributed by atoms with Crippen LogP contribution in [0, 0.1) is 29.6 Å². The summed E-state index contributed by atoms with van der Waals surface area (Å²) >= 11 is 0. The molecule has 0 N–H and O–H groups in total. The number of rotatable bonds is 7. The van der Waals surface area contributed by atoms with Gasteiger partial charge in [0.1, 0.15) is 0 Å². The van der Waals surface area contributed by atoms with Gasteiger partial charge >= 0.3 is 0 Å². The lowest BCUT2D eigenvalue weighted by Crippen LogP contribution is -2.62. The minimum Gasteiger partial charge on any atom is -0.365 e. The number of hydrogen-bond acceptors (Lipinski definition) is 1. The molecule has 4 heterocycles. The molecule has 2 nitrogen and oxygen atoms in total. The Bertz CT molecular complexity index is 2810. The minimum atomic E-state index is -0.104. The first-order chi connectivity index (χ1) is 35.1. The minimum absolute atomic E-state index is 0.104. The van der Waals surface area contributed by atoms with E-state index in [1.807, 2.05) is 33.5 Å². The zero-order valence-electron chi connectivity index (χ0n) is 43.6. The molecule has 5 fully saturated rings. The summed E-state index contributed by atoms with van der Waals surface area (Å²) in [6.07, 6.45) is 54.8. The summed E-state index contributed by atoms with van der Waals surface area (Å²) < 4.78 is 3.09. The van der Waals surface area contributed by atoms with Crippen molar-refractivity contribution in [2.45, 2.75) is 222 Å². The Hall–Kier alpha value is -3.98. The van der Waals surface area contributed by atoms with E-state index in [4.69, 9.17) is 0 Å². The maximum Gasteiger partial charge on any atom is 0.194 e. The van der Waals surface area contributed by atoms with E-state index in [0.717, 1.165) is 30.6 Å². The van der Waals surface area contributed by atoms with Gasteiger partial charge in [0.25, 0.3) is 0 Å². The molecule has 3 aromatic rings. The lowest BCUT2D eigenvalue weighted by molar-refractivity contribution is 0.150. The van der Waals surface area contributed by atoms with Crippen LogP contribution in [0.4, 0.5) is 0 Å². The molecule has 3 heteroatoms. The molecule has 71 heavy (non-hydrogen) atoms. The molecule has 0 spiro atoms. The lowest BCUT2D eigenvalue weighted by atomic mass is 9.22. The van der Waals surface area contributed by atoms with Crippen LogP contribution in [-0.2, 0) is 5.41 Å². The van der Waals surface area contributed by atoms with Gasteiger partial charge in [0.05, 0.1) is 5.52 Å². The Morgan fingerprint density at radius 3 is 2.03 bits per heavy atom. The molecule has 0 amide bonds. The molecular weight excluding hydrogens is 856 g/mol. The molecule has 7 atom stereocenters. The van der Waals surface area contributed by atoms with E-state index < -0.39 is 0 Å². The maximum atomic E-state index is 3.27. The summed E-state index contributed by atoms with van der Waals surface area (Å²) in [5.74, 6) is 5.26. The van der Waals surface area contributed by atoms with Crippen LogP contribution >= 0.6 is 0 Å². The molecule has 12 aliphatic rings. The van der Waals surface area contributed by atoms with E-state index in [2.05, 4.69) is 101 Å². The summed E-state index contributed by atoms with van der Waals surface area (Å²) in [6.45, 7) is 3.29. The Morgan fingerprint density at radius 1 is 0.634 bits per heavy atom. The van der Waals surface area contributed by atoms with Gasteiger partial charge in [-0.25, -0.2) is 0 Å². The predicted molar refractivity (Wildman–Crippen MR) is 298 cm³/mol. The zero-order chi connectivity index (χ0) is 46.8. The van der Waals surface area contributed by atoms with E-state index in [1.165, 1.54) is 173 Å². The first kappa shape index (κ1) is 44.5. The number of allylic oxidation sites excluding steroid dienone is 10. The standard InChI is InChI=1S/C68H83BN2/c1-68(52-28-16-6-17-29-52,53-30-18-7-19-31-53)58-34-37-63-64-67(58)71-62-36-33-49(45-22-10-3-11-23-45)39-55(62)57-41-51(47-26-14-5-15-27-47)43-60(66(57)71)69(64)59-42-50(46-24-12-4-13-25-46)40-56-54-38-48(44-20-8-2-9-21-44)32-35-61(54)70(63)65(56)59/h6-7,16-18,28-30,33,36,38-39,41-42,44-47,56,58-60,63,65H,2-5,8-15,19-27,31-32,34-35,37,40,43H2,1H3. The Kier molecular flexibility index (Phi) is 11.2. The van der Waals surface area contributed by atoms with Crippen LogP contribution in [0.5, 0.6) is 0 Å². The third-order valence-electron chi connectivity index (χ3n) is 22.9. The molecular formula is C68H83BN2. The van der Waals surface area contributed by atoms with Crippen molar-refractivity contribution < 1.29 is 0 Å².